The van der Waals surface area contributed by atoms with Crippen molar-refractivity contribution in [1.29, 1.82) is 0 Å². The van der Waals surface area contributed by atoms with Gasteiger partial charge in [-0.1, -0.05) is 12.1 Å². The van der Waals surface area contributed by atoms with Gasteiger partial charge in [-0.05, 0) is 44.2 Å². The van der Waals surface area contributed by atoms with E-state index in [1.54, 1.807) is 0 Å². The molecule has 1 atom stereocenters. The van der Waals surface area contributed by atoms with E-state index < -0.39 is 0 Å². The number of carbonyl (C=O) groups excluding carboxylic acids is 2. The molecule has 1 saturated carbocycles. The molecule has 3 fully saturated rings. The van der Waals surface area contributed by atoms with Gasteiger partial charge >= 0.3 is 0 Å². The Bertz CT molecular complexity index is 916. The first kappa shape index (κ1) is 16.8. The molecular weight excluding hydrogens is 340 g/mol. The average molecular weight is 366 g/mol. The van der Waals surface area contributed by atoms with Crippen LogP contribution in [0.1, 0.15) is 43.8 Å². The lowest BCUT2D eigenvalue weighted by Crippen LogP contribution is -2.48. The topological polar surface area (TPSA) is 58.4 Å². The van der Waals surface area contributed by atoms with Crippen molar-refractivity contribution in [3.8, 4) is 0 Å². The number of carbonyl (C=O) groups is 2. The minimum absolute atomic E-state index is 0.109. The Kier molecular flexibility index (Phi) is 3.78. The highest BCUT2D eigenvalue weighted by Gasteiger charge is 2.48. The van der Waals surface area contributed by atoms with Crippen LogP contribution in [-0.4, -0.2) is 57.8 Å². The number of fused-ring (bicyclic) bond motifs is 1. The van der Waals surface area contributed by atoms with Gasteiger partial charge in [-0.25, -0.2) is 4.98 Å². The second-order valence-corrected chi connectivity index (χ2v) is 8.50. The normalized spacial score (nSPS) is 25.7. The van der Waals surface area contributed by atoms with Gasteiger partial charge in [0.15, 0.2) is 0 Å². The summed E-state index contributed by atoms with van der Waals surface area (Å²) >= 11 is 0. The van der Waals surface area contributed by atoms with E-state index >= 15 is 0 Å². The van der Waals surface area contributed by atoms with Crippen LogP contribution in [0.2, 0.25) is 0 Å². The summed E-state index contributed by atoms with van der Waals surface area (Å²) in [5, 5.41) is 0. The molecule has 0 bridgehead atoms. The summed E-state index contributed by atoms with van der Waals surface area (Å²) in [6.45, 7) is 2.41. The zero-order chi connectivity index (χ0) is 18.6. The van der Waals surface area contributed by atoms with Gasteiger partial charge in [0.2, 0.25) is 11.8 Å². The molecule has 3 aliphatic rings. The van der Waals surface area contributed by atoms with Crippen molar-refractivity contribution in [2.75, 3.05) is 26.7 Å². The second kappa shape index (κ2) is 6.08. The van der Waals surface area contributed by atoms with Crippen LogP contribution in [0.25, 0.3) is 11.0 Å². The van der Waals surface area contributed by atoms with Crippen molar-refractivity contribution in [1.82, 2.24) is 19.4 Å². The van der Waals surface area contributed by atoms with Gasteiger partial charge in [-0.3, -0.25) is 9.59 Å². The summed E-state index contributed by atoms with van der Waals surface area (Å²) < 4.78 is 2.11. The van der Waals surface area contributed by atoms with Crippen LogP contribution in [-0.2, 0) is 16.1 Å². The summed E-state index contributed by atoms with van der Waals surface area (Å²) in [5.41, 5.74) is 1.66. The zero-order valence-corrected chi connectivity index (χ0v) is 15.9. The van der Waals surface area contributed by atoms with E-state index in [4.69, 9.17) is 4.98 Å². The number of hydrogen-bond acceptors (Lipinski definition) is 3. The Morgan fingerprint density at radius 2 is 2.04 bits per heavy atom. The summed E-state index contributed by atoms with van der Waals surface area (Å²) in [6, 6.07) is 8.06. The lowest BCUT2D eigenvalue weighted by molar-refractivity contribution is -0.144. The summed E-state index contributed by atoms with van der Waals surface area (Å²) in [6.07, 6.45) is 5.04. The number of rotatable bonds is 3. The third kappa shape index (κ3) is 2.73. The summed E-state index contributed by atoms with van der Waals surface area (Å²) in [5.74, 6) is 1.87. The lowest BCUT2D eigenvalue weighted by atomic mass is 9.78. The van der Waals surface area contributed by atoms with Crippen molar-refractivity contribution in [2.45, 2.75) is 44.6 Å². The molecule has 2 aliphatic heterocycles. The number of piperidine rings is 1. The van der Waals surface area contributed by atoms with Crippen molar-refractivity contribution >= 4 is 22.8 Å². The quantitative estimate of drug-likeness (QED) is 0.838. The molecule has 6 heteroatoms. The number of imidazole rings is 1. The maximum Gasteiger partial charge on any atom is 0.242 e. The summed E-state index contributed by atoms with van der Waals surface area (Å²) in [7, 11) is 1.88. The molecule has 2 amide bonds. The molecule has 1 aromatic carbocycles. The van der Waals surface area contributed by atoms with Crippen LogP contribution in [0, 0.1) is 5.41 Å². The van der Waals surface area contributed by atoms with Gasteiger partial charge in [0.25, 0.3) is 0 Å². The molecule has 142 valence electrons. The Labute approximate surface area is 159 Å². The third-order valence-corrected chi connectivity index (χ3v) is 6.58. The number of nitrogens with zero attached hydrogens (tertiary/aromatic N) is 4. The molecule has 1 spiro atoms. The number of aromatic nitrogens is 2. The number of para-hydroxylation sites is 2. The van der Waals surface area contributed by atoms with Crippen molar-refractivity contribution in [2.24, 2.45) is 5.41 Å². The number of amides is 2. The molecule has 3 heterocycles. The highest BCUT2D eigenvalue weighted by atomic mass is 16.2. The molecule has 2 aromatic rings. The Morgan fingerprint density at radius 3 is 2.85 bits per heavy atom. The number of hydrogen-bond donors (Lipinski definition) is 0. The van der Waals surface area contributed by atoms with Crippen LogP contribution in [0.3, 0.4) is 0 Å². The fraction of sp³-hybridized carbons (Fsp3) is 0.571. The van der Waals surface area contributed by atoms with Gasteiger partial charge in [0.05, 0.1) is 16.4 Å². The molecule has 1 aliphatic carbocycles. The molecule has 5 rings (SSSR count). The van der Waals surface area contributed by atoms with Gasteiger partial charge in [-0.15, -0.1) is 0 Å². The maximum absolute atomic E-state index is 13.1. The third-order valence-electron chi connectivity index (χ3n) is 6.58. The number of likely N-dealkylation sites (tertiary alicyclic amines) is 2. The predicted molar refractivity (Wildman–Crippen MR) is 102 cm³/mol. The SMILES string of the molecule is CN1CCC[C@]2(CCN(C(=O)Cn3c(C4CC4)nc4ccccc43)C2)C1=O. The van der Waals surface area contributed by atoms with Crippen LogP contribution in [0.15, 0.2) is 24.3 Å². The van der Waals surface area contributed by atoms with E-state index in [0.29, 0.717) is 25.6 Å². The first-order valence-electron chi connectivity index (χ1n) is 10.1. The fourth-order valence-corrected chi connectivity index (χ4v) is 4.88. The summed E-state index contributed by atoms with van der Waals surface area (Å²) in [4.78, 5) is 34.4. The average Bonchev–Trinajstić information content (AvgIpc) is 3.33. The molecular formula is C21H26N4O2. The molecule has 1 aromatic heterocycles. The van der Waals surface area contributed by atoms with E-state index in [1.165, 1.54) is 0 Å². The van der Waals surface area contributed by atoms with Gasteiger partial charge < -0.3 is 14.4 Å². The monoisotopic (exact) mass is 366 g/mol. The van der Waals surface area contributed by atoms with Crippen molar-refractivity contribution in [3.63, 3.8) is 0 Å². The molecule has 27 heavy (non-hydrogen) atoms. The van der Waals surface area contributed by atoms with E-state index in [0.717, 1.165) is 55.5 Å². The van der Waals surface area contributed by atoms with E-state index in [-0.39, 0.29) is 17.2 Å². The molecule has 2 saturated heterocycles. The van der Waals surface area contributed by atoms with E-state index in [2.05, 4.69) is 4.57 Å². The van der Waals surface area contributed by atoms with Gasteiger partial charge in [0, 0.05) is 32.6 Å². The van der Waals surface area contributed by atoms with Crippen LogP contribution in [0.4, 0.5) is 0 Å². The van der Waals surface area contributed by atoms with Crippen LogP contribution < -0.4 is 0 Å². The molecule has 6 nitrogen and oxygen atoms in total. The largest absolute Gasteiger partial charge is 0.345 e. The van der Waals surface area contributed by atoms with Crippen LogP contribution >= 0.6 is 0 Å². The van der Waals surface area contributed by atoms with E-state index in [9.17, 15) is 9.59 Å². The maximum atomic E-state index is 13.1. The first-order valence-corrected chi connectivity index (χ1v) is 10.1. The minimum atomic E-state index is -0.348. The van der Waals surface area contributed by atoms with Crippen molar-refractivity contribution in [3.05, 3.63) is 30.1 Å². The zero-order valence-electron chi connectivity index (χ0n) is 15.9. The Hall–Kier alpha value is -2.37. The standard InChI is InChI=1S/C21H26N4O2/c1-23-11-4-9-21(20(23)27)10-12-24(14-21)18(26)13-25-17-6-3-2-5-16(17)22-19(25)15-7-8-15/h2-3,5-6,15H,4,7-14H2,1H3/t21-/m1/s1. The first-order chi connectivity index (χ1) is 13.1. The second-order valence-electron chi connectivity index (χ2n) is 8.50. The van der Waals surface area contributed by atoms with E-state index in [1.807, 2.05) is 41.1 Å². The smallest absolute Gasteiger partial charge is 0.242 e. The Balaban J connectivity index is 1.38. The van der Waals surface area contributed by atoms with Gasteiger partial charge in [0.1, 0.15) is 12.4 Å². The molecule has 0 unspecified atom stereocenters. The van der Waals surface area contributed by atoms with Gasteiger partial charge in [-0.2, -0.15) is 0 Å². The number of benzene rings is 1. The highest BCUT2D eigenvalue weighted by Crippen LogP contribution is 2.42. The lowest BCUT2D eigenvalue weighted by Gasteiger charge is -2.37. The molecule has 0 N–H and O–H groups in total. The minimum Gasteiger partial charge on any atom is -0.345 e. The highest BCUT2D eigenvalue weighted by molar-refractivity contribution is 5.86. The van der Waals surface area contributed by atoms with Crippen molar-refractivity contribution < 1.29 is 9.59 Å². The van der Waals surface area contributed by atoms with Crippen LogP contribution in [0.5, 0.6) is 0 Å². The predicted octanol–water partition coefficient (Wildman–Crippen LogP) is 2.38. The fourth-order valence-electron chi connectivity index (χ4n) is 4.88. The Morgan fingerprint density at radius 1 is 1.22 bits per heavy atom. The molecule has 0 radical (unpaired) electrons.